The predicted octanol–water partition coefficient (Wildman–Crippen LogP) is 17.6. The van der Waals surface area contributed by atoms with Crippen LogP contribution in [0.25, 0.3) is 123 Å². The smallest absolute Gasteiger partial charge is 0.135 e. The lowest BCUT2D eigenvalue weighted by molar-refractivity contribution is 0.669. The van der Waals surface area contributed by atoms with E-state index in [9.17, 15) is 5.26 Å². The first-order chi connectivity index (χ1) is 31.7. The Morgan fingerprint density at radius 3 is 1.57 bits per heavy atom. The number of aryl methyl sites for hydroxylation is 4. The van der Waals surface area contributed by atoms with E-state index in [0.29, 0.717) is 5.57 Å². The van der Waals surface area contributed by atoms with Crippen LogP contribution in [0, 0.1) is 39.0 Å². The summed E-state index contributed by atoms with van der Waals surface area (Å²) < 4.78 is 16.4. The Balaban J connectivity index is 1.26. The fourth-order valence-electron chi connectivity index (χ4n) is 10.7. The van der Waals surface area contributed by atoms with Gasteiger partial charge >= 0.3 is 0 Å². The van der Waals surface area contributed by atoms with Gasteiger partial charge in [-0.3, -0.25) is 0 Å². The van der Waals surface area contributed by atoms with E-state index in [1.54, 1.807) is 0 Å². The van der Waals surface area contributed by atoms with Crippen LogP contribution in [-0.2, 0) is 0 Å². The van der Waals surface area contributed by atoms with Gasteiger partial charge in [0.1, 0.15) is 11.2 Å². The highest BCUT2D eigenvalue weighted by molar-refractivity contribution is 7.27. The normalized spacial score (nSPS) is 13.2. The molecule has 0 fully saturated rings. The van der Waals surface area contributed by atoms with Crippen molar-refractivity contribution < 1.29 is 4.42 Å². The molecule has 0 bridgehead atoms. The third-order valence-electron chi connectivity index (χ3n) is 14.1. The van der Waals surface area contributed by atoms with E-state index in [1.807, 2.05) is 41.7 Å². The summed E-state index contributed by atoms with van der Waals surface area (Å²) in [4.78, 5) is 0. The molecule has 310 valence electrons. The molecule has 0 spiro atoms. The molecule has 0 aliphatic rings. The largest absolute Gasteiger partial charge is 0.456 e. The number of aromatic nitrogens is 2. The van der Waals surface area contributed by atoms with Crippen LogP contribution in [-0.4, -0.2) is 9.13 Å². The number of hydrogen-bond donors (Lipinski definition) is 0. The quantitative estimate of drug-likeness (QED) is 0.131. The number of para-hydroxylation sites is 1. The lowest BCUT2D eigenvalue weighted by Gasteiger charge is -2.23. The molecule has 0 saturated carbocycles. The van der Waals surface area contributed by atoms with Gasteiger partial charge in [0.15, 0.2) is 0 Å². The Morgan fingerprint density at radius 1 is 0.477 bits per heavy atom. The lowest BCUT2D eigenvalue weighted by atomic mass is 9.95. The van der Waals surface area contributed by atoms with Crippen molar-refractivity contribution in [3.63, 3.8) is 0 Å². The van der Waals surface area contributed by atoms with Crippen LogP contribution in [0.15, 0.2) is 150 Å². The number of nitrogens with zero attached hydrogens (tertiary/aromatic N) is 3. The Labute approximate surface area is 382 Å². The zero-order valence-electron chi connectivity index (χ0n) is 36.8. The molecule has 5 aromatic heterocycles. The summed E-state index contributed by atoms with van der Waals surface area (Å²) in [6, 6.07) is 53.8. The van der Waals surface area contributed by atoms with Gasteiger partial charge in [0, 0.05) is 74.5 Å². The first kappa shape index (κ1) is 38.1. The summed E-state index contributed by atoms with van der Waals surface area (Å²) in [6.07, 6.45) is 0. The van der Waals surface area contributed by atoms with E-state index in [1.165, 1.54) is 89.7 Å². The third kappa shape index (κ3) is 5.28. The number of thiophene rings is 2. The molecule has 4 nitrogen and oxygen atoms in total. The second-order valence-corrected chi connectivity index (χ2v) is 19.9. The molecule has 0 aliphatic heterocycles. The van der Waals surface area contributed by atoms with Crippen LogP contribution in [0.1, 0.15) is 41.7 Å². The maximum Gasteiger partial charge on any atom is 0.135 e. The van der Waals surface area contributed by atoms with Crippen molar-refractivity contribution in [3.05, 3.63) is 173 Å². The zero-order chi connectivity index (χ0) is 44.0. The van der Waals surface area contributed by atoms with Crippen molar-refractivity contribution in [2.75, 3.05) is 0 Å². The van der Waals surface area contributed by atoms with Gasteiger partial charge in [-0.05, 0) is 124 Å². The number of hydrogen-bond acceptors (Lipinski definition) is 4. The minimum Gasteiger partial charge on any atom is -0.456 e. The van der Waals surface area contributed by atoms with Gasteiger partial charge in [-0.25, -0.2) is 0 Å². The Kier molecular flexibility index (Phi) is 8.07. The Hall–Kier alpha value is -7.43. The minimum absolute atomic E-state index is 0.631. The van der Waals surface area contributed by atoms with E-state index in [0.717, 1.165) is 61.0 Å². The van der Waals surface area contributed by atoms with Crippen molar-refractivity contribution in [1.82, 2.24) is 9.13 Å². The molecule has 0 aliphatic carbocycles. The summed E-state index contributed by atoms with van der Waals surface area (Å²) in [5, 5.41) is 23.3. The van der Waals surface area contributed by atoms with Crippen LogP contribution in [0.2, 0.25) is 0 Å². The van der Waals surface area contributed by atoms with Gasteiger partial charge in [0.25, 0.3) is 0 Å². The van der Waals surface area contributed by atoms with Crippen LogP contribution in [0.4, 0.5) is 0 Å². The third-order valence-corrected chi connectivity index (χ3v) is 16.5. The van der Waals surface area contributed by atoms with E-state index in [2.05, 4.69) is 177 Å². The molecule has 13 aromatic rings. The molecule has 6 heteroatoms. The van der Waals surface area contributed by atoms with Gasteiger partial charge < -0.3 is 13.6 Å². The highest BCUT2D eigenvalue weighted by Gasteiger charge is 2.28. The second-order valence-electron chi connectivity index (χ2n) is 17.8. The van der Waals surface area contributed by atoms with Crippen molar-refractivity contribution >= 4 is 146 Å². The first-order valence-electron chi connectivity index (χ1n) is 22.1. The summed E-state index contributed by atoms with van der Waals surface area (Å²) >= 11 is 3.70. The fourth-order valence-corrected chi connectivity index (χ4v) is 13.2. The molecule has 5 heterocycles. The van der Waals surface area contributed by atoms with Crippen molar-refractivity contribution in [1.29, 1.82) is 5.26 Å². The van der Waals surface area contributed by atoms with Crippen LogP contribution in [0.3, 0.4) is 0 Å². The Morgan fingerprint density at radius 2 is 0.969 bits per heavy atom. The molecule has 0 atom stereocenters. The number of benzene rings is 8. The molecule has 13 rings (SSSR count). The molecular formula is C59H41N3OS2. The van der Waals surface area contributed by atoms with Gasteiger partial charge in [-0.2, -0.15) is 5.26 Å². The first-order valence-corrected chi connectivity index (χ1v) is 23.8. The minimum atomic E-state index is 0.631. The average Bonchev–Trinajstić information content (AvgIpc) is 4.13. The molecule has 65 heavy (non-hydrogen) atoms. The molecule has 0 unspecified atom stereocenters. The molecule has 0 amide bonds. The summed E-state index contributed by atoms with van der Waals surface area (Å²) in [7, 11) is 0. The molecular weight excluding hydrogens is 831 g/mol. The van der Waals surface area contributed by atoms with Crippen molar-refractivity contribution in [2.45, 2.75) is 41.5 Å². The molecule has 0 radical (unpaired) electrons. The standard InChI is InChI=1S/C59H41N3OS2/c1-31-25-45-41-20-22-43-39-14-8-11-17-52(39)64-58(43)56(41)61(48(45)27-33(31)3)36(6)54(37-19-24-51-47(29-37)38-13-7-10-16-50(38)63-51)55(35(5)30-60)62-49-28-34(4)32(2)26-46(49)42-21-23-44-40-15-9-12-18-53(40)65-59(44)57(42)62/h7-29H,1-6H3/b54-36+,55-35-. The van der Waals surface area contributed by atoms with Gasteiger partial charge in [-0.1, -0.05) is 84.9 Å². The molecule has 0 N–H and O–H groups in total. The van der Waals surface area contributed by atoms with Gasteiger partial charge in [0.05, 0.1) is 48.8 Å². The summed E-state index contributed by atoms with van der Waals surface area (Å²) in [6.45, 7) is 13.1. The zero-order valence-corrected chi connectivity index (χ0v) is 38.5. The second kappa shape index (κ2) is 13.8. The van der Waals surface area contributed by atoms with E-state index >= 15 is 0 Å². The van der Waals surface area contributed by atoms with Gasteiger partial charge in [-0.15, -0.1) is 22.7 Å². The van der Waals surface area contributed by atoms with Crippen LogP contribution < -0.4 is 0 Å². The fraction of sp³-hybridized carbons (Fsp3) is 0.102. The lowest BCUT2D eigenvalue weighted by Crippen LogP contribution is -2.08. The molecule has 0 saturated heterocycles. The van der Waals surface area contributed by atoms with Crippen LogP contribution >= 0.6 is 22.7 Å². The van der Waals surface area contributed by atoms with E-state index < -0.39 is 0 Å². The number of allylic oxidation sites excluding steroid dienone is 4. The van der Waals surface area contributed by atoms with Crippen LogP contribution in [0.5, 0.6) is 0 Å². The highest BCUT2D eigenvalue weighted by atomic mass is 32.1. The van der Waals surface area contributed by atoms with Gasteiger partial charge in [0.2, 0.25) is 0 Å². The number of furan rings is 1. The Bertz CT molecular complexity index is 4380. The number of rotatable bonds is 4. The van der Waals surface area contributed by atoms with Crippen molar-refractivity contribution in [3.8, 4) is 6.07 Å². The SMILES string of the molecule is C/C(C#N)=C(\C(=C(/C)n1c2cc(C)c(C)cc2c2ccc3c4ccccc4sc3c21)c1ccc2oc3ccccc3c2c1)n1c2cc(C)c(C)cc2c2ccc3c4ccccc4sc3c21. The van der Waals surface area contributed by atoms with E-state index in [-0.39, 0.29) is 0 Å². The summed E-state index contributed by atoms with van der Waals surface area (Å²) in [5.74, 6) is 0. The monoisotopic (exact) mass is 871 g/mol. The maximum atomic E-state index is 11.4. The maximum absolute atomic E-state index is 11.4. The predicted molar refractivity (Wildman–Crippen MR) is 281 cm³/mol. The number of fused-ring (bicyclic) bond motifs is 17. The summed E-state index contributed by atoms with van der Waals surface area (Å²) in [5.41, 5.74) is 15.7. The van der Waals surface area contributed by atoms with E-state index in [4.69, 9.17) is 4.42 Å². The van der Waals surface area contributed by atoms with Crippen molar-refractivity contribution in [2.24, 2.45) is 0 Å². The topological polar surface area (TPSA) is 46.8 Å². The number of nitriles is 1. The molecule has 8 aromatic carbocycles. The average molecular weight is 872 g/mol. The highest BCUT2D eigenvalue weighted by Crippen LogP contribution is 2.50.